The molecule has 0 radical (unpaired) electrons. The first-order chi connectivity index (χ1) is 10.9. The predicted octanol–water partition coefficient (Wildman–Crippen LogP) is 0.588. The van der Waals surface area contributed by atoms with Crippen LogP contribution in [0.15, 0.2) is 35.2 Å². The van der Waals surface area contributed by atoms with Gasteiger partial charge in [-0.25, -0.2) is 23.5 Å². The van der Waals surface area contributed by atoms with Gasteiger partial charge < -0.3 is 11.1 Å². The summed E-state index contributed by atoms with van der Waals surface area (Å²) in [6.07, 6.45) is 1.45. The van der Waals surface area contributed by atoms with E-state index in [-0.39, 0.29) is 4.90 Å². The lowest BCUT2D eigenvalue weighted by Gasteiger charge is -2.08. The zero-order valence-electron chi connectivity index (χ0n) is 13.0. The van der Waals surface area contributed by atoms with Crippen LogP contribution >= 0.6 is 0 Å². The third-order valence-corrected chi connectivity index (χ3v) is 4.19. The van der Waals surface area contributed by atoms with E-state index in [1.54, 1.807) is 12.1 Å². The Labute approximate surface area is 136 Å². The minimum absolute atomic E-state index is 0.118. The van der Waals surface area contributed by atoms with Crippen molar-refractivity contribution < 1.29 is 8.42 Å². The first-order valence-corrected chi connectivity index (χ1v) is 8.83. The second kappa shape index (κ2) is 7.49. The Morgan fingerprint density at radius 3 is 2.43 bits per heavy atom. The summed E-state index contributed by atoms with van der Waals surface area (Å²) >= 11 is 0. The molecular formula is C15H21N5O2S. The maximum absolute atomic E-state index is 11.2. The highest BCUT2D eigenvalue weighted by Gasteiger charge is 2.06. The van der Waals surface area contributed by atoms with Crippen molar-refractivity contribution in [2.45, 2.75) is 24.7 Å². The molecule has 0 atom stereocenters. The van der Waals surface area contributed by atoms with Crippen LogP contribution in [0.4, 0.5) is 5.82 Å². The van der Waals surface area contributed by atoms with Gasteiger partial charge >= 0.3 is 0 Å². The molecule has 1 aromatic heterocycles. The maximum Gasteiger partial charge on any atom is 0.238 e. The quantitative estimate of drug-likeness (QED) is 0.680. The van der Waals surface area contributed by atoms with Gasteiger partial charge in [0.05, 0.1) is 4.90 Å². The predicted molar refractivity (Wildman–Crippen MR) is 89.5 cm³/mol. The first-order valence-electron chi connectivity index (χ1n) is 7.29. The van der Waals surface area contributed by atoms with E-state index >= 15 is 0 Å². The molecule has 8 heteroatoms. The van der Waals surface area contributed by atoms with Gasteiger partial charge in [0.1, 0.15) is 11.6 Å². The normalized spacial score (nSPS) is 11.4. The van der Waals surface area contributed by atoms with Crippen molar-refractivity contribution in [3.63, 3.8) is 0 Å². The van der Waals surface area contributed by atoms with Crippen LogP contribution in [0.25, 0.3) is 0 Å². The van der Waals surface area contributed by atoms with Crippen LogP contribution in [0.5, 0.6) is 0 Å². The molecule has 5 N–H and O–H groups in total. The van der Waals surface area contributed by atoms with E-state index in [0.29, 0.717) is 25.3 Å². The summed E-state index contributed by atoms with van der Waals surface area (Å²) in [5, 5.41) is 8.32. The van der Waals surface area contributed by atoms with Crippen molar-refractivity contribution in [2.75, 3.05) is 18.4 Å². The van der Waals surface area contributed by atoms with Crippen molar-refractivity contribution in [3.05, 3.63) is 47.4 Å². The molecule has 2 aromatic rings. The van der Waals surface area contributed by atoms with Gasteiger partial charge in [-0.05, 0) is 37.6 Å². The summed E-state index contributed by atoms with van der Waals surface area (Å²) in [6.45, 7) is 3.07. The molecule has 124 valence electrons. The zero-order valence-corrected chi connectivity index (χ0v) is 13.8. The summed E-state index contributed by atoms with van der Waals surface area (Å²) in [7, 11) is -3.64. The topological polar surface area (TPSA) is 124 Å². The fraction of sp³-hybridized carbons (Fsp3) is 0.333. The smallest absolute Gasteiger partial charge is 0.238 e. The third kappa shape index (κ3) is 5.27. The molecule has 0 aliphatic rings. The van der Waals surface area contributed by atoms with Crippen molar-refractivity contribution in [1.82, 2.24) is 9.97 Å². The minimum Gasteiger partial charge on any atom is -0.370 e. The molecule has 0 amide bonds. The minimum atomic E-state index is -3.64. The lowest BCUT2D eigenvalue weighted by atomic mass is 10.1. The summed E-state index contributed by atoms with van der Waals surface area (Å²) in [5.41, 5.74) is 7.48. The average Bonchev–Trinajstić information content (AvgIpc) is 2.46. The standard InChI is InChI=1S/C15H21N5O2S/c1-11-19-13(6-8-16)10-15(20-11)18-9-7-12-2-4-14(5-3-12)23(17,21)22/h2-5,10H,6-9,16H2,1H3,(H2,17,21,22)(H,18,19,20). The molecule has 0 aliphatic carbocycles. The monoisotopic (exact) mass is 335 g/mol. The van der Waals surface area contributed by atoms with Gasteiger partial charge in [0.2, 0.25) is 10.0 Å². The summed E-state index contributed by atoms with van der Waals surface area (Å²) in [4.78, 5) is 8.78. The van der Waals surface area contributed by atoms with Crippen molar-refractivity contribution in [3.8, 4) is 0 Å². The number of nitrogens with one attached hydrogen (secondary N) is 1. The van der Waals surface area contributed by atoms with Crippen LogP contribution in [-0.4, -0.2) is 31.5 Å². The highest BCUT2D eigenvalue weighted by atomic mass is 32.2. The molecule has 0 bridgehead atoms. The Bertz CT molecular complexity index is 760. The SMILES string of the molecule is Cc1nc(CCN)cc(NCCc2ccc(S(N)(=O)=O)cc2)n1. The number of sulfonamides is 1. The van der Waals surface area contributed by atoms with Crippen LogP contribution in [0.3, 0.4) is 0 Å². The Morgan fingerprint density at radius 1 is 1.13 bits per heavy atom. The number of anilines is 1. The number of aryl methyl sites for hydroxylation is 1. The second-order valence-electron chi connectivity index (χ2n) is 5.20. The fourth-order valence-electron chi connectivity index (χ4n) is 2.18. The third-order valence-electron chi connectivity index (χ3n) is 3.26. The van der Waals surface area contributed by atoms with E-state index in [1.807, 2.05) is 13.0 Å². The van der Waals surface area contributed by atoms with E-state index in [0.717, 1.165) is 23.5 Å². The highest BCUT2D eigenvalue weighted by Crippen LogP contribution is 2.10. The van der Waals surface area contributed by atoms with E-state index in [2.05, 4.69) is 15.3 Å². The molecule has 0 fully saturated rings. The van der Waals surface area contributed by atoms with Gasteiger partial charge in [-0.3, -0.25) is 0 Å². The Morgan fingerprint density at radius 2 is 1.83 bits per heavy atom. The lowest BCUT2D eigenvalue weighted by molar-refractivity contribution is 0.598. The van der Waals surface area contributed by atoms with Gasteiger partial charge in [-0.1, -0.05) is 12.1 Å². The summed E-state index contributed by atoms with van der Waals surface area (Å²) < 4.78 is 22.4. The van der Waals surface area contributed by atoms with Gasteiger partial charge in [0.25, 0.3) is 0 Å². The molecule has 0 unspecified atom stereocenters. The Hall–Kier alpha value is -2.03. The lowest BCUT2D eigenvalue weighted by Crippen LogP contribution is -2.12. The number of nitrogens with two attached hydrogens (primary N) is 2. The Balaban J connectivity index is 1.94. The molecule has 1 aromatic carbocycles. The average molecular weight is 335 g/mol. The van der Waals surface area contributed by atoms with E-state index < -0.39 is 10.0 Å². The molecular weight excluding hydrogens is 314 g/mol. The van der Waals surface area contributed by atoms with Gasteiger partial charge in [-0.15, -0.1) is 0 Å². The van der Waals surface area contributed by atoms with Gasteiger partial charge in [-0.2, -0.15) is 0 Å². The number of nitrogens with zero attached hydrogens (tertiary/aromatic N) is 2. The van der Waals surface area contributed by atoms with Gasteiger partial charge in [0, 0.05) is 24.7 Å². The molecule has 7 nitrogen and oxygen atoms in total. The molecule has 0 saturated carbocycles. The van der Waals surface area contributed by atoms with E-state index in [4.69, 9.17) is 10.9 Å². The number of benzene rings is 1. The number of rotatable bonds is 7. The zero-order chi connectivity index (χ0) is 16.9. The Kier molecular flexibility index (Phi) is 5.64. The molecule has 2 rings (SSSR count). The largest absolute Gasteiger partial charge is 0.370 e. The number of primary sulfonamides is 1. The van der Waals surface area contributed by atoms with Crippen LogP contribution in [0.2, 0.25) is 0 Å². The maximum atomic E-state index is 11.2. The first kappa shape index (κ1) is 17.3. The number of hydrogen-bond acceptors (Lipinski definition) is 6. The number of aromatic nitrogens is 2. The molecule has 0 saturated heterocycles. The van der Waals surface area contributed by atoms with Crippen LogP contribution in [0, 0.1) is 6.92 Å². The molecule has 0 aliphatic heterocycles. The van der Waals surface area contributed by atoms with E-state index in [9.17, 15) is 8.42 Å². The molecule has 0 spiro atoms. The molecule has 23 heavy (non-hydrogen) atoms. The van der Waals surface area contributed by atoms with Gasteiger partial charge in [0.15, 0.2) is 0 Å². The van der Waals surface area contributed by atoms with Crippen molar-refractivity contribution in [2.24, 2.45) is 10.9 Å². The second-order valence-corrected chi connectivity index (χ2v) is 6.76. The van der Waals surface area contributed by atoms with Crippen LogP contribution in [0.1, 0.15) is 17.1 Å². The highest BCUT2D eigenvalue weighted by molar-refractivity contribution is 7.89. The summed E-state index contributed by atoms with van der Waals surface area (Å²) in [6, 6.07) is 8.43. The van der Waals surface area contributed by atoms with Crippen LogP contribution < -0.4 is 16.2 Å². The van der Waals surface area contributed by atoms with E-state index in [1.165, 1.54) is 12.1 Å². The van der Waals surface area contributed by atoms with Crippen molar-refractivity contribution >= 4 is 15.8 Å². The van der Waals surface area contributed by atoms with Crippen LogP contribution in [-0.2, 0) is 22.9 Å². The molecule has 1 heterocycles. The summed E-state index contributed by atoms with van der Waals surface area (Å²) in [5.74, 6) is 1.47. The fourth-order valence-corrected chi connectivity index (χ4v) is 2.69. The number of hydrogen-bond donors (Lipinski definition) is 3. The van der Waals surface area contributed by atoms with Crippen molar-refractivity contribution in [1.29, 1.82) is 0 Å².